The highest BCUT2D eigenvalue weighted by Gasteiger charge is 2.34. The number of carbonyl (C=O) groups excluding carboxylic acids is 1. The van der Waals surface area contributed by atoms with Crippen LogP contribution in [0.15, 0.2) is 0 Å². The van der Waals surface area contributed by atoms with Crippen molar-refractivity contribution in [2.45, 2.75) is 31.8 Å². The number of carboxylic acid groups (broad SMARTS) is 1. The minimum Gasteiger partial charge on any atom is -0.480 e. The van der Waals surface area contributed by atoms with Crippen molar-refractivity contribution in [3.63, 3.8) is 0 Å². The molecule has 2 amide bonds. The van der Waals surface area contributed by atoms with E-state index >= 15 is 0 Å². The Hall–Kier alpha value is -1.35. The molecule has 1 rings (SSSR count). The van der Waals surface area contributed by atoms with Crippen molar-refractivity contribution in [2.75, 3.05) is 11.6 Å². The Labute approximate surface area is 105 Å². The summed E-state index contributed by atoms with van der Waals surface area (Å²) in [6.07, 6.45) is 6.39. The zero-order chi connectivity index (χ0) is 12.8. The third-order valence-electron chi connectivity index (χ3n) is 2.61. The molecule has 5 nitrogen and oxygen atoms in total. The van der Waals surface area contributed by atoms with Gasteiger partial charge in [0.25, 0.3) is 0 Å². The van der Waals surface area contributed by atoms with Gasteiger partial charge in [-0.3, -0.25) is 0 Å². The lowest BCUT2D eigenvalue weighted by Crippen LogP contribution is -2.49. The van der Waals surface area contributed by atoms with Crippen molar-refractivity contribution in [2.24, 2.45) is 0 Å². The number of nitrogens with zero attached hydrogens (tertiary/aromatic N) is 1. The average molecular weight is 256 g/mol. The Morgan fingerprint density at radius 1 is 1.71 bits per heavy atom. The maximum absolute atomic E-state index is 11.9. The second-order valence-corrected chi connectivity index (χ2v) is 4.79. The molecular formula is C11H16N2O3S. The molecule has 2 atom stereocenters. The number of nitrogens with one attached hydrogen (secondary N) is 1. The van der Waals surface area contributed by atoms with E-state index in [0.29, 0.717) is 18.1 Å². The maximum Gasteiger partial charge on any atom is 0.327 e. The summed E-state index contributed by atoms with van der Waals surface area (Å²) in [5.41, 5.74) is 0. The minimum absolute atomic E-state index is 0.0902. The summed E-state index contributed by atoms with van der Waals surface area (Å²) < 4.78 is 0. The number of aliphatic carboxylic acids is 1. The van der Waals surface area contributed by atoms with E-state index in [0.717, 1.165) is 6.42 Å². The molecule has 0 saturated carbocycles. The number of terminal acetylenes is 1. The first-order chi connectivity index (χ1) is 8.10. The number of hydrogen-bond donors (Lipinski definition) is 2. The van der Waals surface area contributed by atoms with Crippen LogP contribution in [0.5, 0.6) is 0 Å². The fourth-order valence-corrected chi connectivity index (χ4v) is 2.69. The largest absolute Gasteiger partial charge is 0.480 e. The molecule has 2 unspecified atom stereocenters. The third kappa shape index (κ3) is 3.56. The zero-order valence-electron chi connectivity index (χ0n) is 9.68. The van der Waals surface area contributed by atoms with Crippen molar-refractivity contribution in [1.29, 1.82) is 0 Å². The van der Waals surface area contributed by atoms with E-state index < -0.39 is 12.0 Å². The molecule has 0 aromatic heterocycles. The predicted molar refractivity (Wildman–Crippen MR) is 66.6 cm³/mol. The normalized spacial score (nSPS) is 20.7. The Morgan fingerprint density at radius 3 is 2.94 bits per heavy atom. The Balaban J connectivity index is 2.57. The Kier molecular flexibility index (Phi) is 5.16. The van der Waals surface area contributed by atoms with Gasteiger partial charge in [-0.2, -0.15) is 0 Å². The summed E-state index contributed by atoms with van der Waals surface area (Å²) in [5, 5.41) is 11.7. The minimum atomic E-state index is -0.963. The number of hydrogen-bond acceptors (Lipinski definition) is 3. The van der Waals surface area contributed by atoms with Crippen LogP contribution in [0.4, 0.5) is 4.79 Å². The van der Waals surface area contributed by atoms with Gasteiger partial charge in [0.1, 0.15) is 6.04 Å². The second-order valence-electron chi connectivity index (χ2n) is 3.79. The summed E-state index contributed by atoms with van der Waals surface area (Å²) in [5.74, 6) is 2.38. The first-order valence-corrected chi connectivity index (χ1v) is 6.56. The van der Waals surface area contributed by atoms with Gasteiger partial charge < -0.3 is 15.3 Å². The molecule has 2 N–H and O–H groups in total. The van der Waals surface area contributed by atoms with Crippen molar-refractivity contribution >= 4 is 23.8 Å². The van der Waals surface area contributed by atoms with Gasteiger partial charge in [-0.1, -0.05) is 6.92 Å². The first-order valence-electron chi connectivity index (χ1n) is 5.41. The topological polar surface area (TPSA) is 69.6 Å². The van der Waals surface area contributed by atoms with Crippen LogP contribution >= 0.6 is 11.8 Å². The molecule has 0 spiro atoms. The van der Waals surface area contributed by atoms with Crippen LogP contribution < -0.4 is 5.32 Å². The smallest absolute Gasteiger partial charge is 0.327 e. The van der Waals surface area contributed by atoms with Crippen molar-refractivity contribution in [3.05, 3.63) is 0 Å². The fourth-order valence-electron chi connectivity index (χ4n) is 1.54. The van der Waals surface area contributed by atoms with Gasteiger partial charge >= 0.3 is 12.0 Å². The summed E-state index contributed by atoms with van der Waals surface area (Å²) in [7, 11) is 0. The fraction of sp³-hybridized carbons (Fsp3) is 0.636. The molecule has 0 aliphatic carbocycles. The highest BCUT2D eigenvalue weighted by Crippen LogP contribution is 2.21. The highest BCUT2D eigenvalue weighted by atomic mass is 32.2. The lowest BCUT2D eigenvalue weighted by atomic mass is 10.1. The van der Waals surface area contributed by atoms with E-state index in [9.17, 15) is 9.59 Å². The van der Waals surface area contributed by atoms with Gasteiger partial charge in [0.15, 0.2) is 0 Å². The molecule has 1 heterocycles. The molecule has 1 saturated heterocycles. The summed E-state index contributed by atoms with van der Waals surface area (Å²) in [4.78, 5) is 24.1. The number of carboxylic acids is 1. The second kappa shape index (κ2) is 6.40. The molecule has 17 heavy (non-hydrogen) atoms. The Morgan fingerprint density at radius 2 is 2.41 bits per heavy atom. The van der Waals surface area contributed by atoms with Gasteiger partial charge in [-0.15, -0.1) is 24.1 Å². The van der Waals surface area contributed by atoms with Crippen LogP contribution in [-0.4, -0.2) is 45.7 Å². The van der Waals surface area contributed by atoms with Gasteiger partial charge in [0.05, 0.1) is 5.88 Å². The van der Waals surface area contributed by atoms with Crippen LogP contribution in [0.1, 0.15) is 19.8 Å². The standard InChI is InChI=1S/C11H16N2O3S/c1-3-5-8(4-2)12-11(16)13-7-17-6-9(13)10(14)15/h1,8-9H,4-7H2,2H3,(H,12,16)(H,14,15). The van der Waals surface area contributed by atoms with Crippen LogP contribution in [0.2, 0.25) is 0 Å². The summed E-state index contributed by atoms with van der Waals surface area (Å²) in [6, 6.07) is -1.17. The molecule has 0 aromatic rings. The lowest BCUT2D eigenvalue weighted by molar-refractivity contribution is -0.140. The molecule has 1 aliphatic rings. The van der Waals surface area contributed by atoms with Crippen molar-refractivity contribution in [3.8, 4) is 12.3 Å². The van der Waals surface area contributed by atoms with Crippen molar-refractivity contribution in [1.82, 2.24) is 10.2 Å². The Bertz CT molecular complexity index is 340. The van der Waals surface area contributed by atoms with Gasteiger partial charge in [0, 0.05) is 18.2 Å². The van der Waals surface area contributed by atoms with E-state index in [1.54, 1.807) is 0 Å². The van der Waals surface area contributed by atoms with E-state index in [4.69, 9.17) is 11.5 Å². The zero-order valence-corrected chi connectivity index (χ0v) is 10.5. The predicted octanol–water partition coefficient (Wildman–Crippen LogP) is 0.957. The molecule has 0 radical (unpaired) electrons. The van der Waals surface area contributed by atoms with Crippen LogP contribution in [0.25, 0.3) is 0 Å². The molecule has 0 aromatic carbocycles. The van der Waals surface area contributed by atoms with E-state index in [2.05, 4.69) is 11.2 Å². The SMILES string of the molecule is C#CCC(CC)NC(=O)N1CSCC1C(=O)O. The molecule has 6 heteroatoms. The van der Waals surface area contributed by atoms with E-state index in [1.165, 1.54) is 16.7 Å². The van der Waals surface area contributed by atoms with Crippen LogP contribution in [0.3, 0.4) is 0 Å². The van der Waals surface area contributed by atoms with Crippen LogP contribution in [0, 0.1) is 12.3 Å². The molecule has 0 bridgehead atoms. The maximum atomic E-state index is 11.9. The summed E-state index contributed by atoms with van der Waals surface area (Å²) >= 11 is 1.44. The quantitative estimate of drug-likeness (QED) is 0.735. The van der Waals surface area contributed by atoms with Crippen molar-refractivity contribution < 1.29 is 14.7 Å². The number of amides is 2. The number of thioether (sulfide) groups is 1. The number of urea groups is 1. The van der Waals surface area contributed by atoms with Crippen LogP contribution in [-0.2, 0) is 4.79 Å². The molecule has 1 fully saturated rings. The number of carbonyl (C=O) groups is 2. The lowest BCUT2D eigenvalue weighted by Gasteiger charge is -2.23. The molecule has 94 valence electrons. The van der Waals surface area contributed by atoms with Gasteiger partial charge in [-0.05, 0) is 6.42 Å². The highest BCUT2D eigenvalue weighted by molar-refractivity contribution is 7.99. The first kappa shape index (κ1) is 13.7. The molecular weight excluding hydrogens is 240 g/mol. The third-order valence-corrected chi connectivity index (χ3v) is 3.63. The number of rotatable bonds is 4. The van der Waals surface area contributed by atoms with Gasteiger partial charge in [0.2, 0.25) is 0 Å². The monoisotopic (exact) mass is 256 g/mol. The molecule has 1 aliphatic heterocycles. The van der Waals surface area contributed by atoms with E-state index in [-0.39, 0.29) is 12.1 Å². The summed E-state index contributed by atoms with van der Waals surface area (Å²) in [6.45, 7) is 1.93. The van der Waals surface area contributed by atoms with Gasteiger partial charge in [-0.25, -0.2) is 9.59 Å². The van der Waals surface area contributed by atoms with E-state index in [1.807, 2.05) is 6.92 Å². The average Bonchev–Trinajstić information content (AvgIpc) is 2.77.